The van der Waals surface area contributed by atoms with E-state index < -0.39 is 16.2 Å². The first-order valence-electron chi connectivity index (χ1n) is 6.68. The average molecular weight is 389 g/mol. The van der Waals surface area contributed by atoms with Gasteiger partial charge in [-0.25, -0.2) is 0 Å². The summed E-state index contributed by atoms with van der Waals surface area (Å²) in [6, 6.07) is 10.7. The van der Waals surface area contributed by atoms with Crippen molar-refractivity contribution in [1.29, 1.82) is 0 Å². The van der Waals surface area contributed by atoms with Crippen molar-refractivity contribution < 1.29 is 17.4 Å². The minimum Gasteiger partial charge on any atom is -0.370 e. The molecule has 24 heavy (non-hydrogen) atoms. The Bertz CT molecular complexity index is 870. The molecule has 0 bridgehead atoms. The Morgan fingerprint density at radius 2 is 1.79 bits per heavy atom. The van der Waals surface area contributed by atoms with E-state index in [2.05, 4.69) is 5.32 Å². The molecule has 0 heterocycles. The van der Waals surface area contributed by atoms with Crippen molar-refractivity contribution in [2.45, 2.75) is 0 Å². The second-order valence-electron chi connectivity index (χ2n) is 4.90. The number of nitrogens with one attached hydrogen (secondary N) is 1. The lowest BCUT2D eigenvalue weighted by Crippen LogP contribution is -2.28. The minimum absolute atomic E-state index is 0.0344. The second-order valence-corrected chi connectivity index (χ2v) is 7.49. The van der Waals surface area contributed by atoms with Gasteiger partial charge in [0.25, 0.3) is 5.91 Å². The normalized spacial score (nSPS) is 11.4. The zero-order chi connectivity index (χ0) is 17.9. The van der Waals surface area contributed by atoms with Crippen molar-refractivity contribution >= 4 is 45.1 Å². The molecule has 1 N–H and O–H groups in total. The van der Waals surface area contributed by atoms with E-state index in [1.165, 1.54) is 32.3 Å². The Morgan fingerprint density at radius 1 is 1.12 bits per heavy atom. The van der Waals surface area contributed by atoms with Crippen molar-refractivity contribution in [1.82, 2.24) is 4.31 Å². The Labute approximate surface area is 150 Å². The summed E-state index contributed by atoms with van der Waals surface area (Å²) in [5.41, 5.74) is 0.346. The van der Waals surface area contributed by atoms with Crippen molar-refractivity contribution in [3.8, 4) is 5.75 Å². The Hall–Kier alpha value is -1.80. The van der Waals surface area contributed by atoms with Crippen LogP contribution in [0.25, 0.3) is 0 Å². The summed E-state index contributed by atoms with van der Waals surface area (Å²) in [6.07, 6.45) is 0. The highest BCUT2D eigenvalue weighted by molar-refractivity contribution is 7.84. The molecule has 2 rings (SSSR count). The monoisotopic (exact) mass is 388 g/mol. The summed E-state index contributed by atoms with van der Waals surface area (Å²) in [5, 5.41) is 3.19. The lowest BCUT2D eigenvalue weighted by molar-refractivity contribution is 0.102. The van der Waals surface area contributed by atoms with Crippen LogP contribution in [0, 0.1) is 0 Å². The highest BCUT2D eigenvalue weighted by Gasteiger charge is 2.21. The third-order valence-corrected chi connectivity index (χ3v) is 4.80. The molecular weight excluding hydrogens is 375 g/mol. The third-order valence-electron chi connectivity index (χ3n) is 2.95. The number of hydrogen-bond acceptors (Lipinski definition) is 4. The van der Waals surface area contributed by atoms with Gasteiger partial charge in [-0.15, -0.1) is 0 Å². The number of carbonyl (C=O) groups is 1. The molecule has 0 radical (unpaired) electrons. The van der Waals surface area contributed by atoms with Gasteiger partial charge in [0, 0.05) is 19.1 Å². The molecular formula is C15H14Cl2N2O4S. The van der Waals surface area contributed by atoms with Crippen LogP contribution in [0.4, 0.5) is 5.69 Å². The van der Waals surface area contributed by atoms with E-state index in [4.69, 9.17) is 27.4 Å². The summed E-state index contributed by atoms with van der Waals surface area (Å²) in [5.74, 6) is -0.743. The SMILES string of the molecule is CN(C)S(=O)(=O)Oc1ccc(Cl)cc1C(=O)Nc1ccccc1Cl. The van der Waals surface area contributed by atoms with Crippen LogP contribution in [0.5, 0.6) is 5.75 Å². The smallest absolute Gasteiger partial charge is 0.370 e. The number of anilines is 1. The fourth-order valence-corrected chi connectivity index (χ4v) is 2.57. The first-order chi connectivity index (χ1) is 11.2. The van der Waals surface area contributed by atoms with Gasteiger partial charge < -0.3 is 9.50 Å². The van der Waals surface area contributed by atoms with Crippen LogP contribution in [-0.2, 0) is 10.3 Å². The molecule has 128 valence electrons. The van der Waals surface area contributed by atoms with E-state index in [-0.39, 0.29) is 16.3 Å². The van der Waals surface area contributed by atoms with Gasteiger partial charge in [-0.3, -0.25) is 4.79 Å². The van der Waals surface area contributed by atoms with Crippen molar-refractivity contribution in [3.05, 3.63) is 58.1 Å². The maximum Gasteiger partial charge on any atom is 0.384 e. The molecule has 0 fully saturated rings. The number of hydrogen-bond donors (Lipinski definition) is 1. The molecule has 0 atom stereocenters. The number of para-hydroxylation sites is 1. The van der Waals surface area contributed by atoms with Gasteiger partial charge in [0.05, 0.1) is 16.3 Å². The van der Waals surface area contributed by atoms with Gasteiger partial charge in [0.2, 0.25) is 0 Å². The van der Waals surface area contributed by atoms with E-state index >= 15 is 0 Å². The van der Waals surface area contributed by atoms with Gasteiger partial charge in [0.15, 0.2) is 5.75 Å². The second kappa shape index (κ2) is 7.40. The summed E-state index contributed by atoms with van der Waals surface area (Å²) in [7, 11) is -1.39. The first-order valence-corrected chi connectivity index (χ1v) is 8.80. The highest BCUT2D eigenvalue weighted by Crippen LogP contribution is 2.27. The molecule has 0 unspecified atom stereocenters. The number of benzene rings is 2. The third kappa shape index (κ3) is 4.39. The molecule has 0 aliphatic carbocycles. The first kappa shape index (κ1) is 18.5. The van der Waals surface area contributed by atoms with Crippen molar-refractivity contribution in [2.75, 3.05) is 19.4 Å². The van der Waals surface area contributed by atoms with Crippen LogP contribution < -0.4 is 9.50 Å². The van der Waals surface area contributed by atoms with E-state index in [9.17, 15) is 13.2 Å². The van der Waals surface area contributed by atoms with Crippen molar-refractivity contribution in [3.63, 3.8) is 0 Å². The molecule has 0 spiro atoms. The zero-order valence-corrected chi connectivity index (χ0v) is 15.1. The van der Waals surface area contributed by atoms with Gasteiger partial charge in [-0.2, -0.15) is 12.7 Å². The number of amides is 1. The fraction of sp³-hybridized carbons (Fsp3) is 0.133. The maximum absolute atomic E-state index is 12.5. The number of carbonyl (C=O) groups excluding carboxylic acids is 1. The molecule has 2 aromatic rings. The highest BCUT2D eigenvalue weighted by atomic mass is 35.5. The Kier molecular flexibility index (Phi) is 5.71. The fourth-order valence-electron chi connectivity index (χ4n) is 1.69. The number of nitrogens with zero attached hydrogens (tertiary/aromatic N) is 1. The van der Waals surface area contributed by atoms with E-state index in [0.29, 0.717) is 10.7 Å². The van der Waals surface area contributed by atoms with Crippen LogP contribution in [-0.4, -0.2) is 32.7 Å². The summed E-state index contributed by atoms with van der Waals surface area (Å²) in [6.45, 7) is 0. The summed E-state index contributed by atoms with van der Waals surface area (Å²) in [4.78, 5) is 12.5. The van der Waals surface area contributed by atoms with Crippen LogP contribution in [0.3, 0.4) is 0 Å². The van der Waals surface area contributed by atoms with Crippen LogP contribution in [0.15, 0.2) is 42.5 Å². The standard InChI is InChI=1S/C15H14Cl2N2O4S/c1-19(2)24(21,22)23-14-8-7-10(16)9-11(14)15(20)18-13-6-4-3-5-12(13)17/h3-9H,1-2H3,(H,18,20). The summed E-state index contributed by atoms with van der Waals surface area (Å²) >= 11 is 11.9. The lowest BCUT2D eigenvalue weighted by atomic mass is 10.2. The predicted molar refractivity (Wildman–Crippen MR) is 94.1 cm³/mol. The van der Waals surface area contributed by atoms with E-state index in [1.54, 1.807) is 24.3 Å². The Morgan fingerprint density at radius 3 is 2.42 bits per heavy atom. The molecule has 0 aliphatic rings. The van der Waals surface area contributed by atoms with Gasteiger partial charge in [0.1, 0.15) is 0 Å². The minimum atomic E-state index is -4.02. The quantitative estimate of drug-likeness (QED) is 0.850. The van der Waals surface area contributed by atoms with Gasteiger partial charge >= 0.3 is 10.3 Å². The molecule has 0 saturated heterocycles. The molecule has 0 saturated carbocycles. The van der Waals surface area contributed by atoms with Gasteiger partial charge in [-0.05, 0) is 30.3 Å². The van der Waals surface area contributed by atoms with Crippen LogP contribution in [0.2, 0.25) is 10.0 Å². The molecule has 0 aliphatic heterocycles. The largest absolute Gasteiger partial charge is 0.384 e. The number of halogens is 2. The maximum atomic E-state index is 12.5. The predicted octanol–water partition coefficient (Wildman–Crippen LogP) is 3.43. The molecule has 6 nitrogen and oxygen atoms in total. The lowest BCUT2D eigenvalue weighted by Gasteiger charge is -2.15. The Balaban J connectivity index is 2.37. The van der Waals surface area contributed by atoms with E-state index in [0.717, 1.165) is 4.31 Å². The topological polar surface area (TPSA) is 75.7 Å². The molecule has 1 amide bonds. The average Bonchev–Trinajstić information content (AvgIpc) is 2.51. The number of rotatable bonds is 5. The molecule has 9 heteroatoms. The molecule has 0 aromatic heterocycles. The summed E-state index contributed by atoms with van der Waals surface area (Å²) < 4.78 is 29.7. The van der Waals surface area contributed by atoms with Gasteiger partial charge in [-0.1, -0.05) is 35.3 Å². The zero-order valence-electron chi connectivity index (χ0n) is 12.8. The van der Waals surface area contributed by atoms with Crippen LogP contribution >= 0.6 is 23.2 Å². The van der Waals surface area contributed by atoms with E-state index in [1.807, 2.05) is 0 Å². The van der Waals surface area contributed by atoms with Crippen molar-refractivity contribution in [2.24, 2.45) is 0 Å². The molecule has 2 aromatic carbocycles. The van der Waals surface area contributed by atoms with Crippen LogP contribution in [0.1, 0.15) is 10.4 Å².